The van der Waals surface area contributed by atoms with E-state index in [1.165, 1.54) is 13.2 Å². The first-order chi connectivity index (χ1) is 14.2. The standard InChI is InChI=1S/C24H22O5/c1-27-23-17-18(8-14-24(25)26)7-13-22(23)29-16-15-28-21-11-9-20(10-12-21)19-5-3-2-4-6-19/h2-14,17H,15-16H2,1H3,(H,25,26). The third-order valence-corrected chi connectivity index (χ3v) is 4.18. The highest BCUT2D eigenvalue weighted by Gasteiger charge is 2.05. The van der Waals surface area contributed by atoms with Crippen LogP contribution < -0.4 is 14.2 Å². The van der Waals surface area contributed by atoms with Crippen LogP contribution in [0.25, 0.3) is 17.2 Å². The van der Waals surface area contributed by atoms with Crippen molar-refractivity contribution in [3.8, 4) is 28.4 Å². The number of carboxylic acids is 1. The van der Waals surface area contributed by atoms with E-state index >= 15 is 0 Å². The molecular formula is C24H22O5. The topological polar surface area (TPSA) is 65.0 Å². The molecule has 0 bridgehead atoms. The molecule has 0 spiro atoms. The van der Waals surface area contributed by atoms with Gasteiger partial charge in [-0.1, -0.05) is 48.5 Å². The van der Waals surface area contributed by atoms with Gasteiger partial charge in [0.05, 0.1) is 7.11 Å². The lowest BCUT2D eigenvalue weighted by molar-refractivity contribution is -0.131. The first-order valence-corrected chi connectivity index (χ1v) is 9.16. The summed E-state index contributed by atoms with van der Waals surface area (Å²) in [6.07, 6.45) is 2.57. The molecule has 5 nitrogen and oxygen atoms in total. The van der Waals surface area contributed by atoms with E-state index in [-0.39, 0.29) is 0 Å². The minimum atomic E-state index is -1.00. The van der Waals surface area contributed by atoms with Gasteiger partial charge in [0.15, 0.2) is 11.5 Å². The molecule has 0 saturated carbocycles. The molecule has 3 aromatic carbocycles. The number of aliphatic carboxylic acids is 1. The van der Waals surface area contributed by atoms with E-state index in [0.717, 1.165) is 23.0 Å². The monoisotopic (exact) mass is 390 g/mol. The van der Waals surface area contributed by atoms with E-state index in [4.69, 9.17) is 19.3 Å². The fraction of sp³-hybridized carbons (Fsp3) is 0.125. The SMILES string of the molecule is COc1cc(C=CC(=O)O)ccc1OCCOc1ccc(-c2ccccc2)cc1. The average Bonchev–Trinajstić information content (AvgIpc) is 2.76. The summed E-state index contributed by atoms with van der Waals surface area (Å²) in [4.78, 5) is 10.6. The second-order valence-corrected chi connectivity index (χ2v) is 6.17. The van der Waals surface area contributed by atoms with Gasteiger partial charge in [-0.25, -0.2) is 4.79 Å². The van der Waals surface area contributed by atoms with Gasteiger partial charge in [0.1, 0.15) is 19.0 Å². The minimum absolute atomic E-state index is 0.348. The van der Waals surface area contributed by atoms with Gasteiger partial charge in [-0.3, -0.25) is 0 Å². The van der Waals surface area contributed by atoms with Crippen LogP contribution in [0.5, 0.6) is 17.2 Å². The van der Waals surface area contributed by atoms with Crippen molar-refractivity contribution in [2.45, 2.75) is 0 Å². The highest BCUT2D eigenvalue weighted by molar-refractivity contribution is 5.85. The lowest BCUT2D eigenvalue weighted by Gasteiger charge is -2.12. The van der Waals surface area contributed by atoms with E-state index in [2.05, 4.69) is 12.1 Å². The van der Waals surface area contributed by atoms with Gasteiger partial charge in [0.2, 0.25) is 0 Å². The van der Waals surface area contributed by atoms with Crippen molar-refractivity contribution in [1.29, 1.82) is 0 Å². The van der Waals surface area contributed by atoms with Gasteiger partial charge in [-0.05, 0) is 47.0 Å². The summed E-state index contributed by atoms with van der Waals surface area (Å²) < 4.78 is 16.8. The van der Waals surface area contributed by atoms with Gasteiger partial charge in [-0.15, -0.1) is 0 Å². The van der Waals surface area contributed by atoms with Crippen LogP contribution in [0.3, 0.4) is 0 Å². The molecule has 0 fully saturated rings. The summed E-state index contributed by atoms with van der Waals surface area (Å²) >= 11 is 0. The van der Waals surface area contributed by atoms with Gasteiger partial charge in [0.25, 0.3) is 0 Å². The van der Waals surface area contributed by atoms with Crippen molar-refractivity contribution in [1.82, 2.24) is 0 Å². The van der Waals surface area contributed by atoms with E-state index in [9.17, 15) is 4.79 Å². The van der Waals surface area contributed by atoms with E-state index in [1.54, 1.807) is 18.2 Å². The van der Waals surface area contributed by atoms with Crippen molar-refractivity contribution in [2.24, 2.45) is 0 Å². The van der Waals surface area contributed by atoms with E-state index < -0.39 is 5.97 Å². The molecule has 3 rings (SSSR count). The van der Waals surface area contributed by atoms with Crippen LogP contribution in [0, 0.1) is 0 Å². The lowest BCUT2D eigenvalue weighted by Crippen LogP contribution is -2.09. The summed E-state index contributed by atoms with van der Waals surface area (Å²) in [5.74, 6) is 0.875. The van der Waals surface area contributed by atoms with E-state index in [0.29, 0.717) is 30.3 Å². The van der Waals surface area contributed by atoms with Gasteiger partial charge < -0.3 is 19.3 Å². The molecular weight excluding hydrogens is 368 g/mol. The number of hydrogen-bond acceptors (Lipinski definition) is 4. The highest BCUT2D eigenvalue weighted by atomic mass is 16.5. The molecule has 3 aromatic rings. The summed E-state index contributed by atoms with van der Waals surface area (Å²) in [5, 5.41) is 8.71. The maximum atomic E-state index is 10.6. The van der Waals surface area contributed by atoms with Crippen LogP contribution in [0.1, 0.15) is 5.56 Å². The Balaban J connectivity index is 1.52. The molecule has 1 N–H and O–H groups in total. The maximum Gasteiger partial charge on any atom is 0.328 e. The molecule has 5 heteroatoms. The number of benzene rings is 3. The molecule has 0 aliphatic rings. The molecule has 0 unspecified atom stereocenters. The van der Waals surface area contributed by atoms with Crippen LogP contribution >= 0.6 is 0 Å². The lowest BCUT2D eigenvalue weighted by atomic mass is 10.1. The number of carboxylic acid groups (broad SMARTS) is 1. The van der Waals surface area contributed by atoms with Gasteiger partial charge in [0, 0.05) is 6.08 Å². The zero-order valence-corrected chi connectivity index (χ0v) is 16.1. The Labute approximate surface area is 169 Å². The smallest absolute Gasteiger partial charge is 0.328 e. The predicted octanol–water partition coefficient (Wildman–Crippen LogP) is 4.92. The van der Waals surface area contributed by atoms with Crippen molar-refractivity contribution < 1.29 is 24.1 Å². The number of carbonyl (C=O) groups is 1. The second kappa shape index (κ2) is 9.99. The van der Waals surface area contributed by atoms with Crippen molar-refractivity contribution in [2.75, 3.05) is 20.3 Å². The van der Waals surface area contributed by atoms with Gasteiger partial charge in [-0.2, -0.15) is 0 Å². The van der Waals surface area contributed by atoms with Crippen molar-refractivity contribution in [3.05, 3.63) is 84.4 Å². The van der Waals surface area contributed by atoms with Crippen LogP contribution in [0.2, 0.25) is 0 Å². The summed E-state index contributed by atoms with van der Waals surface area (Å²) in [5.41, 5.74) is 3.01. The number of ether oxygens (including phenoxy) is 3. The van der Waals surface area contributed by atoms with Crippen LogP contribution in [-0.4, -0.2) is 31.4 Å². The normalized spacial score (nSPS) is 10.7. The molecule has 0 aromatic heterocycles. The Hall–Kier alpha value is -3.73. The summed E-state index contributed by atoms with van der Waals surface area (Å²) in [6.45, 7) is 0.732. The third-order valence-electron chi connectivity index (χ3n) is 4.18. The molecule has 0 heterocycles. The Morgan fingerprint density at radius 2 is 1.55 bits per heavy atom. The molecule has 29 heavy (non-hydrogen) atoms. The zero-order valence-electron chi connectivity index (χ0n) is 16.1. The first-order valence-electron chi connectivity index (χ1n) is 9.16. The van der Waals surface area contributed by atoms with Crippen LogP contribution in [-0.2, 0) is 4.79 Å². The Morgan fingerprint density at radius 3 is 2.24 bits per heavy atom. The fourth-order valence-electron chi connectivity index (χ4n) is 2.76. The van der Waals surface area contributed by atoms with E-state index in [1.807, 2.05) is 42.5 Å². The molecule has 148 valence electrons. The first kappa shape index (κ1) is 20.0. The number of methoxy groups -OCH3 is 1. The Morgan fingerprint density at radius 1 is 0.862 bits per heavy atom. The Kier molecular flexibility index (Phi) is 6.90. The maximum absolute atomic E-state index is 10.6. The number of hydrogen-bond donors (Lipinski definition) is 1. The Bertz CT molecular complexity index is 962. The molecule has 0 aliphatic carbocycles. The molecule has 0 amide bonds. The van der Waals surface area contributed by atoms with Crippen molar-refractivity contribution >= 4 is 12.0 Å². The van der Waals surface area contributed by atoms with Crippen molar-refractivity contribution in [3.63, 3.8) is 0 Å². The van der Waals surface area contributed by atoms with Crippen LogP contribution in [0.4, 0.5) is 0 Å². The average molecular weight is 390 g/mol. The molecule has 0 aliphatic heterocycles. The largest absolute Gasteiger partial charge is 0.493 e. The predicted molar refractivity (Wildman–Crippen MR) is 113 cm³/mol. The minimum Gasteiger partial charge on any atom is -0.493 e. The zero-order chi connectivity index (χ0) is 20.5. The quantitative estimate of drug-likeness (QED) is 0.415. The molecule has 0 atom stereocenters. The molecule has 0 radical (unpaired) electrons. The highest BCUT2D eigenvalue weighted by Crippen LogP contribution is 2.28. The van der Waals surface area contributed by atoms with Crippen LogP contribution in [0.15, 0.2) is 78.9 Å². The third kappa shape index (κ3) is 5.87. The summed E-state index contributed by atoms with van der Waals surface area (Å²) in [6, 6.07) is 23.3. The summed E-state index contributed by atoms with van der Waals surface area (Å²) in [7, 11) is 1.54. The molecule has 0 saturated heterocycles. The van der Waals surface area contributed by atoms with Gasteiger partial charge >= 0.3 is 5.97 Å². The second-order valence-electron chi connectivity index (χ2n) is 6.17. The fourth-order valence-corrected chi connectivity index (χ4v) is 2.76. The number of rotatable bonds is 9.